The molecular weight excluding hydrogens is 294 g/mol. The highest BCUT2D eigenvalue weighted by Gasteiger charge is 2.20. The Labute approximate surface area is 116 Å². The molecule has 1 saturated heterocycles. The van der Waals surface area contributed by atoms with E-state index in [2.05, 4.69) is 33.4 Å². The summed E-state index contributed by atoms with van der Waals surface area (Å²) in [6.07, 6.45) is 1.68. The maximum absolute atomic E-state index is 11.9. The first-order valence-electron chi connectivity index (χ1n) is 6.29. The topological polar surface area (TPSA) is 38.3 Å². The van der Waals surface area contributed by atoms with Crippen LogP contribution in [-0.2, 0) is 21.4 Å². The number of hydrogen-bond donors (Lipinski definition) is 1. The molecule has 18 heavy (non-hydrogen) atoms. The van der Waals surface area contributed by atoms with Crippen molar-refractivity contribution in [2.75, 3.05) is 13.2 Å². The Morgan fingerprint density at radius 1 is 1.33 bits per heavy atom. The van der Waals surface area contributed by atoms with Crippen LogP contribution in [0.25, 0.3) is 0 Å². The van der Waals surface area contributed by atoms with Crippen LogP contribution in [0, 0.1) is 5.92 Å². The van der Waals surface area contributed by atoms with Crippen molar-refractivity contribution in [3.63, 3.8) is 0 Å². The Balaban J connectivity index is 1.84. The van der Waals surface area contributed by atoms with E-state index < -0.39 is 0 Å². The van der Waals surface area contributed by atoms with Crippen molar-refractivity contribution in [1.29, 1.82) is 0 Å². The molecule has 0 aliphatic carbocycles. The number of hydrogen-bond acceptors (Lipinski definition) is 2. The summed E-state index contributed by atoms with van der Waals surface area (Å²) >= 11 is 3.43. The van der Waals surface area contributed by atoms with E-state index >= 15 is 0 Å². The van der Waals surface area contributed by atoms with Gasteiger partial charge in [-0.2, -0.15) is 0 Å². The molecule has 0 aromatic heterocycles. The summed E-state index contributed by atoms with van der Waals surface area (Å²) in [4.78, 5) is 11.9. The molecule has 1 heterocycles. The van der Waals surface area contributed by atoms with E-state index in [1.165, 1.54) is 5.56 Å². The van der Waals surface area contributed by atoms with Crippen LogP contribution < -0.4 is 5.32 Å². The van der Waals surface area contributed by atoms with Gasteiger partial charge >= 0.3 is 0 Å². The summed E-state index contributed by atoms with van der Waals surface area (Å²) < 4.78 is 5.26. The van der Waals surface area contributed by atoms with Crippen LogP contribution in [-0.4, -0.2) is 19.1 Å². The maximum atomic E-state index is 11.9. The summed E-state index contributed by atoms with van der Waals surface area (Å²) in [6.45, 7) is 2.02. The average molecular weight is 312 g/mol. The van der Waals surface area contributed by atoms with Crippen LogP contribution >= 0.6 is 15.9 Å². The highest BCUT2D eigenvalue weighted by Crippen LogP contribution is 2.15. The zero-order valence-electron chi connectivity index (χ0n) is 10.3. The van der Waals surface area contributed by atoms with Gasteiger partial charge in [-0.3, -0.25) is 4.79 Å². The lowest BCUT2D eigenvalue weighted by atomic mass is 9.99. The Hall–Kier alpha value is -0.870. The quantitative estimate of drug-likeness (QED) is 0.868. The fraction of sp³-hybridized carbons (Fsp3) is 0.500. The van der Waals surface area contributed by atoms with Crippen LogP contribution in [0.3, 0.4) is 0 Å². The first kappa shape index (κ1) is 13.6. The molecule has 0 spiro atoms. The van der Waals surface area contributed by atoms with Gasteiger partial charge in [-0.1, -0.05) is 40.2 Å². The van der Waals surface area contributed by atoms with E-state index in [-0.39, 0.29) is 11.8 Å². The fourth-order valence-electron chi connectivity index (χ4n) is 2.12. The Bertz CT molecular complexity index is 403. The molecule has 0 unspecified atom stereocenters. The van der Waals surface area contributed by atoms with Crippen molar-refractivity contribution in [3.8, 4) is 0 Å². The van der Waals surface area contributed by atoms with Crippen molar-refractivity contribution in [3.05, 3.63) is 35.4 Å². The van der Waals surface area contributed by atoms with Crippen molar-refractivity contribution < 1.29 is 9.53 Å². The van der Waals surface area contributed by atoms with Gasteiger partial charge in [0.2, 0.25) is 5.91 Å². The zero-order chi connectivity index (χ0) is 12.8. The lowest BCUT2D eigenvalue weighted by Gasteiger charge is -2.21. The number of alkyl halides is 1. The molecule has 1 aliphatic rings. The number of benzene rings is 1. The van der Waals surface area contributed by atoms with Gasteiger partial charge in [0.25, 0.3) is 0 Å². The molecule has 1 amide bonds. The SMILES string of the molecule is O=C(NCc1cccc(CBr)c1)C1CCOCC1. The number of nitrogens with one attached hydrogen (secondary N) is 1. The van der Waals surface area contributed by atoms with E-state index in [1.807, 2.05) is 12.1 Å². The molecule has 1 fully saturated rings. The zero-order valence-corrected chi connectivity index (χ0v) is 11.9. The van der Waals surface area contributed by atoms with Gasteiger partial charge in [0, 0.05) is 31.0 Å². The Kier molecular flexibility index (Phi) is 5.20. The van der Waals surface area contributed by atoms with E-state index in [9.17, 15) is 4.79 Å². The van der Waals surface area contributed by atoms with Gasteiger partial charge in [0.15, 0.2) is 0 Å². The van der Waals surface area contributed by atoms with Crippen LogP contribution in [0.1, 0.15) is 24.0 Å². The lowest BCUT2D eigenvalue weighted by molar-refractivity contribution is -0.128. The fourth-order valence-corrected chi connectivity index (χ4v) is 2.46. The highest BCUT2D eigenvalue weighted by atomic mass is 79.9. The van der Waals surface area contributed by atoms with E-state index in [4.69, 9.17) is 4.74 Å². The minimum atomic E-state index is 0.123. The Morgan fingerprint density at radius 3 is 2.78 bits per heavy atom. The van der Waals surface area contributed by atoms with Crippen molar-refractivity contribution >= 4 is 21.8 Å². The van der Waals surface area contributed by atoms with Gasteiger partial charge in [0.05, 0.1) is 0 Å². The number of rotatable bonds is 4. The molecule has 1 aromatic rings. The smallest absolute Gasteiger partial charge is 0.223 e. The maximum Gasteiger partial charge on any atom is 0.223 e. The second-order valence-corrected chi connectivity index (χ2v) is 5.12. The first-order chi connectivity index (χ1) is 8.79. The predicted octanol–water partition coefficient (Wildman–Crippen LogP) is 2.62. The van der Waals surface area contributed by atoms with E-state index in [0.717, 1.165) is 23.7 Å². The minimum Gasteiger partial charge on any atom is -0.381 e. The number of carbonyl (C=O) groups is 1. The van der Waals surface area contributed by atoms with Gasteiger partial charge in [-0.25, -0.2) is 0 Å². The summed E-state index contributed by atoms with van der Waals surface area (Å²) in [5.41, 5.74) is 2.38. The standard InChI is InChI=1S/C14H18BrNO2/c15-9-11-2-1-3-12(8-11)10-16-14(17)13-4-6-18-7-5-13/h1-3,8,13H,4-7,9-10H2,(H,16,17). The molecule has 98 valence electrons. The molecule has 0 saturated carbocycles. The average Bonchev–Trinajstić information content (AvgIpc) is 2.46. The molecule has 0 atom stereocenters. The Morgan fingerprint density at radius 2 is 2.06 bits per heavy atom. The monoisotopic (exact) mass is 311 g/mol. The summed E-state index contributed by atoms with van der Waals surface area (Å²) in [6, 6.07) is 8.24. The largest absolute Gasteiger partial charge is 0.381 e. The van der Waals surface area contributed by atoms with Gasteiger partial charge in [-0.05, 0) is 24.0 Å². The summed E-state index contributed by atoms with van der Waals surface area (Å²) in [5, 5.41) is 3.85. The van der Waals surface area contributed by atoms with Crippen LogP contribution in [0.15, 0.2) is 24.3 Å². The lowest BCUT2D eigenvalue weighted by Crippen LogP contribution is -2.33. The van der Waals surface area contributed by atoms with E-state index in [1.54, 1.807) is 0 Å². The molecule has 3 nitrogen and oxygen atoms in total. The minimum absolute atomic E-state index is 0.123. The number of halogens is 1. The summed E-state index contributed by atoms with van der Waals surface area (Å²) in [5.74, 6) is 0.278. The van der Waals surface area contributed by atoms with Gasteiger partial charge in [-0.15, -0.1) is 0 Å². The van der Waals surface area contributed by atoms with Crippen molar-refractivity contribution in [2.45, 2.75) is 24.7 Å². The van der Waals surface area contributed by atoms with E-state index in [0.29, 0.717) is 19.8 Å². The molecule has 4 heteroatoms. The number of carbonyl (C=O) groups excluding carboxylic acids is 1. The van der Waals surface area contributed by atoms with Gasteiger partial charge in [0.1, 0.15) is 0 Å². The van der Waals surface area contributed by atoms with Crippen molar-refractivity contribution in [2.24, 2.45) is 5.92 Å². The second-order valence-electron chi connectivity index (χ2n) is 4.56. The predicted molar refractivity (Wildman–Crippen MR) is 74.5 cm³/mol. The first-order valence-corrected chi connectivity index (χ1v) is 7.41. The third kappa shape index (κ3) is 3.82. The van der Waals surface area contributed by atoms with Crippen LogP contribution in [0.4, 0.5) is 0 Å². The van der Waals surface area contributed by atoms with Crippen LogP contribution in [0.2, 0.25) is 0 Å². The third-order valence-electron chi connectivity index (χ3n) is 3.20. The number of ether oxygens (including phenoxy) is 1. The molecule has 1 N–H and O–H groups in total. The van der Waals surface area contributed by atoms with Gasteiger partial charge < -0.3 is 10.1 Å². The molecule has 0 bridgehead atoms. The highest BCUT2D eigenvalue weighted by molar-refractivity contribution is 9.08. The molecule has 1 aromatic carbocycles. The second kappa shape index (κ2) is 6.90. The van der Waals surface area contributed by atoms with Crippen LogP contribution in [0.5, 0.6) is 0 Å². The summed E-state index contributed by atoms with van der Waals surface area (Å²) in [7, 11) is 0. The molecule has 1 aliphatic heterocycles. The van der Waals surface area contributed by atoms with Crippen molar-refractivity contribution in [1.82, 2.24) is 5.32 Å². The molecular formula is C14H18BrNO2. The molecule has 2 rings (SSSR count). The normalized spacial score (nSPS) is 16.5. The molecule has 0 radical (unpaired) electrons. The third-order valence-corrected chi connectivity index (χ3v) is 3.85. The number of amides is 1.